The van der Waals surface area contributed by atoms with Crippen LogP contribution in [0.3, 0.4) is 0 Å². The van der Waals surface area contributed by atoms with E-state index < -0.39 is 74.9 Å². The third kappa shape index (κ3) is 4.19. The second kappa shape index (κ2) is 9.91. The number of nitrogens with two attached hydrogens (primary N) is 1. The summed E-state index contributed by atoms with van der Waals surface area (Å²) in [6.07, 6.45) is -5.10. The van der Waals surface area contributed by atoms with Crippen molar-refractivity contribution in [2.24, 2.45) is 0 Å². The lowest BCUT2D eigenvalue weighted by Crippen LogP contribution is -2.36. The lowest BCUT2D eigenvalue weighted by molar-refractivity contribution is -0.0490. The number of nitrogen functional groups attached to an aromatic ring is 1. The summed E-state index contributed by atoms with van der Waals surface area (Å²) < 4.78 is 32.7. The van der Waals surface area contributed by atoms with Crippen molar-refractivity contribution in [2.75, 3.05) is 18.9 Å². The molecule has 4 aromatic heterocycles. The molecule has 0 aromatic carbocycles. The first kappa shape index (κ1) is 26.8. The van der Waals surface area contributed by atoms with Crippen molar-refractivity contribution in [3.8, 4) is 0 Å². The molecule has 6 rings (SSSR count). The van der Waals surface area contributed by atoms with Gasteiger partial charge in [-0.15, -0.1) is 0 Å². The van der Waals surface area contributed by atoms with Crippen molar-refractivity contribution in [2.45, 2.75) is 48.5 Å². The van der Waals surface area contributed by atoms with Crippen LogP contribution in [0.15, 0.2) is 30.0 Å². The number of H-pyrrole nitrogens is 1. The van der Waals surface area contributed by atoms with Crippen LogP contribution in [0.2, 0.25) is 0 Å². The Hall–Kier alpha value is -3.39. The topological polar surface area (TPSA) is 279 Å². The van der Waals surface area contributed by atoms with Crippen molar-refractivity contribution >= 4 is 30.2 Å². The Labute approximate surface area is 222 Å². The van der Waals surface area contributed by atoms with E-state index in [1.54, 1.807) is 0 Å². The minimum Gasteiger partial charge on any atom is -0.394 e. The minimum atomic E-state index is -4.83. The number of aliphatic hydroxyl groups excluding tert-OH is 4. The molecular formula is C20H24N9O10P. The number of hydrogen-bond acceptors (Lipinski definition) is 15. The number of anilines is 1. The minimum absolute atomic E-state index is 0.0554. The predicted octanol–water partition coefficient (Wildman–Crippen LogP) is -3.18. The molecule has 40 heavy (non-hydrogen) atoms. The van der Waals surface area contributed by atoms with Gasteiger partial charge in [0.05, 0.1) is 37.5 Å². The van der Waals surface area contributed by atoms with Crippen molar-refractivity contribution in [3.63, 3.8) is 0 Å². The number of aromatic nitrogens is 8. The van der Waals surface area contributed by atoms with Crippen LogP contribution in [0.25, 0.3) is 16.8 Å². The highest BCUT2D eigenvalue weighted by Crippen LogP contribution is 2.58. The summed E-state index contributed by atoms with van der Waals surface area (Å²) in [7, 11) is -4.83. The highest BCUT2D eigenvalue weighted by atomic mass is 31.2. The van der Waals surface area contributed by atoms with Gasteiger partial charge in [-0.25, -0.2) is 24.5 Å². The van der Waals surface area contributed by atoms with Gasteiger partial charge in [0.15, 0.2) is 17.7 Å². The monoisotopic (exact) mass is 581 g/mol. The van der Waals surface area contributed by atoms with E-state index in [2.05, 4.69) is 30.0 Å². The molecular weight excluding hydrogens is 557 g/mol. The van der Waals surface area contributed by atoms with Gasteiger partial charge in [-0.2, -0.15) is 5.10 Å². The molecule has 8 N–H and O–H groups in total. The Morgan fingerprint density at radius 2 is 1.88 bits per heavy atom. The van der Waals surface area contributed by atoms with Gasteiger partial charge in [0.2, 0.25) is 5.65 Å². The van der Waals surface area contributed by atoms with Crippen LogP contribution in [0.4, 0.5) is 5.82 Å². The maximum Gasteiger partial charge on any atom is 0.337 e. The first-order valence-electron chi connectivity index (χ1n) is 11.9. The Bertz CT molecular complexity index is 1660. The Kier molecular flexibility index (Phi) is 6.64. The summed E-state index contributed by atoms with van der Waals surface area (Å²) in [5.74, 6) is 0.0942. The quantitative estimate of drug-likeness (QED) is 0.106. The highest BCUT2D eigenvalue weighted by molar-refractivity contribution is 7.53. The molecule has 4 aromatic rings. The smallest absolute Gasteiger partial charge is 0.337 e. The van der Waals surface area contributed by atoms with Gasteiger partial charge < -0.3 is 50.0 Å². The van der Waals surface area contributed by atoms with E-state index in [0.29, 0.717) is 0 Å². The van der Waals surface area contributed by atoms with Crippen molar-refractivity contribution < 1.29 is 43.9 Å². The lowest BCUT2D eigenvalue weighted by Gasteiger charge is -2.26. The van der Waals surface area contributed by atoms with E-state index in [9.17, 15) is 34.7 Å². The zero-order valence-electron chi connectivity index (χ0n) is 20.3. The van der Waals surface area contributed by atoms with E-state index in [1.165, 1.54) is 23.4 Å². The molecule has 0 saturated carbocycles. The second-order valence-corrected chi connectivity index (χ2v) is 11.3. The molecule has 0 amide bonds. The summed E-state index contributed by atoms with van der Waals surface area (Å²) in [6, 6.07) is 0. The molecule has 214 valence electrons. The fourth-order valence-electron chi connectivity index (χ4n) is 4.97. The van der Waals surface area contributed by atoms with E-state index in [4.69, 9.17) is 19.7 Å². The number of ether oxygens (including phenoxy) is 2. The molecule has 6 heterocycles. The molecule has 2 aliphatic rings. The lowest BCUT2D eigenvalue weighted by atomic mass is 10.1. The fraction of sp³-hybridized carbons (Fsp3) is 0.500. The standard InChI is InChI=1S/C20H24N9O10P/c21-16-10-17(24-4-23-16)28(6-26-10)20-13(33)11(31)9(39-20)3-37-40(35,36)15-12(32)8(2-30)38-14(15)7-1-22-18-19(34)25-5-27-29(7)18/h1,4-6,8-9,11-15,20,30-33H,2-3H2,(H,35,36)(H2,21,23,24)(H,25,27,34)/t8?,9-,11-,12-,13-,14+,15-,20-/m1/s1. The number of nitrogens with zero attached hydrogens (tertiary/aromatic N) is 7. The van der Waals surface area contributed by atoms with Crippen LogP contribution < -0.4 is 11.3 Å². The van der Waals surface area contributed by atoms with Gasteiger partial charge in [-0.05, 0) is 0 Å². The fourth-order valence-corrected chi connectivity index (χ4v) is 6.64. The van der Waals surface area contributed by atoms with Gasteiger partial charge in [-0.1, -0.05) is 0 Å². The highest BCUT2D eigenvalue weighted by Gasteiger charge is 2.56. The van der Waals surface area contributed by atoms with Crippen LogP contribution in [-0.4, -0.2) is 114 Å². The first-order chi connectivity index (χ1) is 19.1. The maximum atomic E-state index is 13.5. The van der Waals surface area contributed by atoms with Crippen molar-refractivity contribution in [3.05, 3.63) is 41.2 Å². The summed E-state index contributed by atoms with van der Waals surface area (Å²) in [6.45, 7) is -1.37. The van der Waals surface area contributed by atoms with Crippen LogP contribution in [-0.2, 0) is 18.6 Å². The van der Waals surface area contributed by atoms with Gasteiger partial charge in [0.1, 0.15) is 54.4 Å². The van der Waals surface area contributed by atoms with Crippen LogP contribution in [0.1, 0.15) is 18.0 Å². The molecule has 2 aliphatic heterocycles. The van der Waals surface area contributed by atoms with E-state index in [1.807, 2.05) is 0 Å². The number of imidazole rings is 2. The molecule has 0 bridgehead atoms. The number of fused-ring (bicyclic) bond motifs is 2. The Balaban J connectivity index is 1.24. The summed E-state index contributed by atoms with van der Waals surface area (Å²) >= 11 is 0. The predicted molar refractivity (Wildman–Crippen MR) is 130 cm³/mol. The average Bonchev–Trinajstić information content (AvgIpc) is 3.68. The van der Waals surface area contributed by atoms with Crippen LogP contribution in [0.5, 0.6) is 0 Å². The van der Waals surface area contributed by atoms with E-state index in [0.717, 1.165) is 10.8 Å². The SMILES string of the molecule is Nc1ncnc2c1ncn2[C@@H]1O[C@H](COP(=O)(O)[C@@H]2[C@H](O)C(CO)O[C@H]2c2cnc3c(=O)[nH]cnn23)[C@@H](O)[C@H]1O. The largest absolute Gasteiger partial charge is 0.394 e. The molecule has 2 saturated heterocycles. The van der Waals surface area contributed by atoms with Gasteiger partial charge in [0, 0.05) is 0 Å². The number of hydrogen-bond donors (Lipinski definition) is 7. The number of aliphatic hydroxyl groups is 4. The Morgan fingerprint density at radius 1 is 1.07 bits per heavy atom. The van der Waals surface area contributed by atoms with E-state index >= 15 is 0 Å². The van der Waals surface area contributed by atoms with E-state index in [-0.39, 0.29) is 28.3 Å². The van der Waals surface area contributed by atoms with Crippen LogP contribution in [0, 0.1) is 0 Å². The molecule has 2 unspecified atom stereocenters. The first-order valence-corrected chi connectivity index (χ1v) is 13.5. The number of rotatable bonds is 7. The average molecular weight is 581 g/mol. The van der Waals surface area contributed by atoms with Gasteiger partial charge in [0.25, 0.3) is 5.56 Å². The molecule has 2 fully saturated rings. The molecule has 0 aliphatic carbocycles. The molecule has 19 nitrogen and oxygen atoms in total. The summed E-state index contributed by atoms with van der Waals surface area (Å²) in [5, 5.41) is 45.7. The zero-order valence-corrected chi connectivity index (χ0v) is 21.2. The molecule has 0 radical (unpaired) electrons. The molecule has 9 atom stereocenters. The normalized spacial score (nSPS) is 32.2. The third-order valence-corrected chi connectivity index (χ3v) is 8.82. The summed E-state index contributed by atoms with van der Waals surface area (Å²) in [4.78, 5) is 41.4. The number of aromatic amines is 1. The summed E-state index contributed by atoms with van der Waals surface area (Å²) in [5.41, 5.74) is 3.96. The van der Waals surface area contributed by atoms with Gasteiger partial charge in [-0.3, -0.25) is 13.9 Å². The van der Waals surface area contributed by atoms with Crippen LogP contribution >= 0.6 is 7.60 Å². The Morgan fingerprint density at radius 3 is 2.65 bits per heavy atom. The number of nitrogens with one attached hydrogen (secondary N) is 1. The second-order valence-electron chi connectivity index (χ2n) is 9.28. The van der Waals surface area contributed by atoms with Crippen molar-refractivity contribution in [1.29, 1.82) is 0 Å². The third-order valence-electron chi connectivity index (χ3n) is 6.97. The molecule has 20 heteroatoms. The van der Waals surface area contributed by atoms with Gasteiger partial charge >= 0.3 is 7.60 Å². The maximum absolute atomic E-state index is 13.5. The zero-order chi connectivity index (χ0) is 28.3. The molecule has 0 spiro atoms. The van der Waals surface area contributed by atoms with Crippen molar-refractivity contribution in [1.82, 2.24) is 39.1 Å².